The van der Waals surface area contributed by atoms with E-state index >= 15 is 0 Å². The van der Waals surface area contributed by atoms with Gasteiger partial charge < -0.3 is 15.1 Å². The summed E-state index contributed by atoms with van der Waals surface area (Å²) in [6, 6.07) is 8.58. The van der Waals surface area contributed by atoms with Crippen molar-refractivity contribution in [3.63, 3.8) is 0 Å². The molecule has 2 N–H and O–H groups in total. The van der Waals surface area contributed by atoms with Gasteiger partial charge in [0, 0.05) is 18.3 Å². The van der Waals surface area contributed by atoms with Gasteiger partial charge in [0.15, 0.2) is 0 Å². The molecule has 102 valence electrons. The molecule has 0 unspecified atom stereocenters. The van der Waals surface area contributed by atoms with E-state index in [1.54, 1.807) is 0 Å². The van der Waals surface area contributed by atoms with Crippen LogP contribution in [0.4, 0.5) is 5.69 Å². The zero-order valence-corrected chi connectivity index (χ0v) is 10.8. The van der Waals surface area contributed by atoms with Crippen molar-refractivity contribution in [2.75, 3.05) is 11.9 Å². The van der Waals surface area contributed by atoms with Crippen LogP contribution in [0.1, 0.15) is 21.5 Å². The summed E-state index contributed by atoms with van der Waals surface area (Å²) in [5.41, 5.74) is 3.02. The van der Waals surface area contributed by atoms with Gasteiger partial charge in [-0.2, -0.15) is 0 Å². The molecule has 0 atom stereocenters. The average molecular weight is 270 g/mol. The van der Waals surface area contributed by atoms with E-state index in [0.29, 0.717) is 5.56 Å². The maximum atomic E-state index is 12.1. The van der Waals surface area contributed by atoms with E-state index in [1.807, 2.05) is 12.1 Å². The summed E-state index contributed by atoms with van der Waals surface area (Å²) >= 11 is 0. The van der Waals surface area contributed by atoms with Crippen LogP contribution in [-0.2, 0) is 13.0 Å². The molecule has 0 bridgehead atoms. The monoisotopic (exact) mass is 270 g/mol. The Labute approximate surface area is 115 Å². The molecule has 5 nitrogen and oxygen atoms in total. The van der Waals surface area contributed by atoms with Gasteiger partial charge in [-0.15, -0.1) is 0 Å². The van der Waals surface area contributed by atoms with E-state index in [-0.39, 0.29) is 5.91 Å². The minimum atomic E-state index is -0.470. The van der Waals surface area contributed by atoms with E-state index < -0.39 is 5.63 Å². The summed E-state index contributed by atoms with van der Waals surface area (Å²) in [6.07, 6.45) is 2.13. The highest BCUT2D eigenvalue weighted by molar-refractivity contribution is 6.04. The molecule has 1 amide bonds. The first-order valence-electron chi connectivity index (χ1n) is 6.46. The highest BCUT2D eigenvalue weighted by atomic mass is 16.4. The topological polar surface area (TPSA) is 71.3 Å². The summed E-state index contributed by atoms with van der Waals surface area (Å²) in [7, 11) is 0. The molecule has 0 aliphatic carbocycles. The molecule has 20 heavy (non-hydrogen) atoms. The lowest BCUT2D eigenvalue weighted by atomic mass is 9.99. The number of fused-ring (bicyclic) bond motifs is 1. The maximum absolute atomic E-state index is 12.1. The number of hydrogen-bond acceptors (Lipinski definition) is 4. The molecule has 1 aliphatic rings. The fraction of sp³-hybridized carbons (Fsp3) is 0.200. The van der Waals surface area contributed by atoms with Gasteiger partial charge in [0.2, 0.25) is 0 Å². The molecule has 0 saturated carbocycles. The largest absolute Gasteiger partial charge is 0.430 e. The molecule has 2 aromatic rings. The van der Waals surface area contributed by atoms with Crippen LogP contribution < -0.4 is 16.3 Å². The summed E-state index contributed by atoms with van der Waals surface area (Å²) in [4.78, 5) is 23.0. The molecule has 1 aliphatic heterocycles. The van der Waals surface area contributed by atoms with Gasteiger partial charge >= 0.3 is 5.63 Å². The normalized spacial score (nSPS) is 13.6. The third kappa shape index (κ3) is 2.48. The van der Waals surface area contributed by atoms with Gasteiger partial charge in [-0.1, -0.05) is 12.1 Å². The third-order valence-corrected chi connectivity index (χ3v) is 3.36. The maximum Gasteiger partial charge on any atom is 0.335 e. The number of amides is 1. The number of carbonyl (C=O) groups excluding carboxylic acids is 1. The zero-order valence-electron chi connectivity index (χ0n) is 10.8. The van der Waals surface area contributed by atoms with Gasteiger partial charge in [-0.25, -0.2) is 4.79 Å². The number of anilines is 1. The summed E-state index contributed by atoms with van der Waals surface area (Å²) in [5, 5.41) is 6.16. The van der Waals surface area contributed by atoms with Crippen LogP contribution in [0, 0.1) is 0 Å². The second kappa shape index (κ2) is 5.30. The minimum absolute atomic E-state index is 0.285. The Bertz CT molecular complexity index is 686. The number of rotatable bonds is 2. The van der Waals surface area contributed by atoms with Crippen molar-refractivity contribution >= 4 is 11.6 Å². The van der Waals surface area contributed by atoms with E-state index in [0.717, 1.165) is 30.8 Å². The Balaban J connectivity index is 1.86. The Hall–Kier alpha value is -2.40. The molecule has 2 heterocycles. The lowest BCUT2D eigenvalue weighted by Crippen LogP contribution is -2.25. The Morgan fingerprint density at radius 2 is 2.15 bits per heavy atom. The van der Waals surface area contributed by atoms with Crippen LogP contribution in [0.5, 0.6) is 0 Å². The predicted molar refractivity (Wildman–Crippen MR) is 74.8 cm³/mol. The molecule has 5 heteroatoms. The molecule has 0 spiro atoms. The Kier molecular flexibility index (Phi) is 3.35. The van der Waals surface area contributed by atoms with Crippen molar-refractivity contribution in [1.82, 2.24) is 5.32 Å². The molecule has 0 radical (unpaired) electrons. The van der Waals surface area contributed by atoms with Crippen LogP contribution in [0.25, 0.3) is 0 Å². The number of hydrogen-bond donors (Lipinski definition) is 2. The first-order chi connectivity index (χ1) is 9.74. The van der Waals surface area contributed by atoms with Crippen molar-refractivity contribution in [3.05, 3.63) is 63.7 Å². The second-order valence-corrected chi connectivity index (χ2v) is 4.67. The Morgan fingerprint density at radius 1 is 1.25 bits per heavy atom. The highest BCUT2D eigenvalue weighted by Crippen LogP contribution is 2.23. The van der Waals surface area contributed by atoms with Gasteiger partial charge in [0.25, 0.3) is 5.91 Å². The van der Waals surface area contributed by atoms with Gasteiger partial charge in [0.05, 0.1) is 5.56 Å². The molecule has 0 saturated heterocycles. The molecular formula is C15H14N2O3. The van der Waals surface area contributed by atoms with Gasteiger partial charge in [-0.3, -0.25) is 4.79 Å². The molecule has 1 aromatic carbocycles. The number of benzene rings is 1. The van der Waals surface area contributed by atoms with E-state index in [2.05, 4.69) is 16.7 Å². The SMILES string of the molecule is O=C(Nc1cccc2c1CNCC2)c1ccc(=O)oc1. The van der Waals surface area contributed by atoms with E-state index in [4.69, 9.17) is 4.42 Å². The predicted octanol–water partition coefficient (Wildman–Crippen LogP) is 1.54. The Morgan fingerprint density at radius 3 is 2.95 bits per heavy atom. The van der Waals surface area contributed by atoms with Gasteiger partial charge in [0.1, 0.15) is 6.26 Å². The van der Waals surface area contributed by atoms with Crippen LogP contribution >= 0.6 is 0 Å². The molecule has 1 aromatic heterocycles. The number of carbonyl (C=O) groups is 1. The fourth-order valence-electron chi connectivity index (χ4n) is 2.31. The molecule has 0 fully saturated rings. The first-order valence-corrected chi connectivity index (χ1v) is 6.46. The molecular weight excluding hydrogens is 256 g/mol. The summed E-state index contributed by atoms with van der Waals surface area (Å²) < 4.78 is 4.70. The van der Waals surface area contributed by atoms with Crippen molar-refractivity contribution < 1.29 is 9.21 Å². The van der Waals surface area contributed by atoms with Crippen molar-refractivity contribution in [1.29, 1.82) is 0 Å². The fourth-order valence-corrected chi connectivity index (χ4v) is 2.31. The summed E-state index contributed by atoms with van der Waals surface area (Å²) in [6.45, 7) is 1.70. The smallest absolute Gasteiger partial charge is 0.335 e. The first kappa shape index (κ1) is 12.6. The minimum Gasteiger partial charge on any atom is -0.430 e. The van der Waals surface area contributed by atoms with Crippen LogP contribution in [0.3, 0.4) is 0 Å². The standard InChI is InChI=1S/C15H14N2O3/c18-14-5-4-11(9-20-14)15(19)17-13-3-1-2-10-6-7-16-8-12(10)13/h1-5,9,16H,6-8H2,(H,17,19). The highest BCUT2D eigenvalue weighted by Gasteiger charge is 2.15. The average Bonchev–Trinajstić information content (AvgIpc) is 2.48. The van der Waals surface area contributed by atoms with Crippen LogP contribution in [-0.4, -0.2) is 12.5 Å². The van der Waals surface area contributed by atoms with Crippen molar-refractivity contribution in [2.45, 2.75) is 13.0 Å². The lowest BCUT2D eigenvalue weighted by molar-refractivity contribution is 0.102. The van der Waals surface area contributed by atoms with E-state index in [1.165, 1.54) is 24.0 Å². The van der Waals surface area contributed by atoms with Gasteiger partial charge in [-0.05, 0) is 36.2 Å². The summed E-state index contributed by atoms with van der Waals surface area (Å²) in [5.74, 6) is -0.285. The number of nitrogens with one attached hydrogen (secondary N) is 2. The van der Waals surface area contributed by atoms with Crippen molar-refractivity contribution in [2.24, 2.45) is 0 Å². The van der Waals surface area contributed by atoms with Crippen LogP contribution in [0.15, 0.2) is 45.8 Å². The van der Waals surface area contributed by atoms with Crippen molar-refractivity contribution in [3.8, 4) is 0 Å². The quantitative estimate of drug-likeness (QED) is 0.868. The van der Waals surface area contributed by atoms with E-state index in [9.17, 15) is 9.59 Å². The second-order valence-electron chi connectivity index (χ2n) is 4.67. The zero-order chi connectivity index (χ0) is 13.9. The van der Waals surface area contributed by atoms with Crippen LogP contribution in [0.2, 0.25) is 0 Å². The lowest BCUT2D eigenvalue weighted by Gasteiger charge is -2.20. The molecule has 3 rings (SSSR count). The third-order valence-electron chi connectivity index (χ3n) is 3.36.